The molecule has 1 atom stereocenters. The fraction of sp³-hybridized carbons (Fsp3) is 0.280. The van der Waals surface area contributed by atoms with Crippen LogP contribution in [0.15, 0.2) is 51.2 Å². The minimum Gasteiger partial charge on any atom is -0.414 e. The van der Waals surface area contributed by atoms with Crippen LogP contribution in [0.4, 0.5) is 0 Å². The van der Waals surface area contributed by atoms with Crippen LogP contribution in [0, 0.1) is 19.3 Å². The maximum atomic E-state index is 13.0. The predicted molar refractivity (Wildman–Crippen MR) is 136 cm³/mol. The van der Waals surface area contributed by atoms with E-state index in [0.29, 0.717) is 48.6 Å². The van der Waals surface area contributed by atoms with Gasteiger partial charge >= 0.3 is 0 Å². The molecule has 0 aliphatic carbocycles. The van der Waals surface area contributed by atoms with Crippen LogP contribution in [0.5, 0.6) is 0 Å². The first-order chi connectivity index (χ1) is 16.9. The molecule has 8 nitrogen and oxygen atoms in total. The van der Waals surface area contributed by atoms with Gasteiger partial charge in [-0.15, -0.1) is 28.0 Å². The largest absolute Gasteiger partial charge is 0.414 e. The summed E-state index contributed by atoms with van der Waals surface area (Å²) in [5, 5.41) is 9.76. The molecule has 0 fully saturated rings. The van der Waals surface area contributed by atoms with Gasteiger partial charge in [-0.2, -0.15) is 0 Å². The molecular weight excluding hydrogens is 482 g/mol. The van der Waals surface area contributed by atoms with E-state index in [-0.39, 0.29) is 16.5 Å². The second-order valence-electron chi connectivity index (χ2n) is 7.97. The summed E-state index contributed by atoms with van der Waals surface area (Å²) in [6.07, 6.45) is 8.91. The second kappa shape index (κ2) is 10.5. The number of rotatable bonds is 9. The van der Waals surface area contributed by atoms with Gasteiger partial charge in [-0.05, 0) is 67.8 Å². The summed E-state index contributed by atoms with van der Waals surface area (Å²) in [4.78, 5) is 10.1. The molecule has 0 aliphatic heterocycles. The topological polar surface area (TPSA) is 125 Å². The molecule has 1 aromatic carbocycles. The Bertz CT molecular complexity index is 1470. The van der Waals surface area contributed by atoms with Crippen molar-refractivity contribution in [3.63, 3.8) is 0 Å². The highest BCUT2D eigenvalue weighted by Crippen LogP contribution is 2.31. The van der Waals surface area contributed by atoms with Gasteiger partial charge in [0, 0.05) is 5.56 Å². The normalized spacial score (nSPS) is 12.4. The van der Waals surface area contributed by atoms with E-state index in [1.165, 1.54) is 11.3 Å². The Morgan fingerprint density at radius 2 is 1.91 bits per heavy atom. The van der Waals surface area contributed by atoms with Crippen LogP contribution in [-0.4, -0.2) is 40.4 Å². The molecule has 0 spiro atoms. The van der Waals surface area contributed by atoms with Crippen LogP contribution >= 0.6 is 11.3 Å². The van der Waals surface area contributed by atoms with Gasteiger partial charge in [-0.25, -0.2) is 18.4 Å². The lowest BCUT2D eigenvalue weighted by molar-refractivity contribution is 0.561. The van der Waals surface area contributed by atoms with Crippen molar-refractivity contribution in [2.75, 3.05) is 6.54 Å². The van der Waals surface area contributed by atoms with Crippen LogP contribution in [-0.2, 0) is 9.84 Å². The summed E-state index contributed by atoms with van der Waals surface area (Å²) in [5.74, 6) is 3.06. The van der Waals surface area contributed by atoms with Gasteiger partial charge in [0.25, 0.3) is 11.8 Å². The molecule has 1 unspecified atom stereocenters. The molecule has 2 N–H and O–H groups in total. The van der Waals surface area contributed by atoms with E-state index < -0.39 is 15.1 Å². The summed E-state index contributed by atoms with van der Waals surface area (Å²) in [5.41, 5.74) is 8.36. The molecule has 0 radical (unpaired) electrons. The van der Waals surface area contributed by atoms with Crippen LogP contribution in [0.25, 0.3) is 33.6 Å². The van der Waals surface area contributed by atoms with Crippen molar-refractivity contribution >= 4 is 21.2 Å². The lowest BCUT2D eigenvalue weighted by Crippen LogP contribution is -2.21. The Balaban J connectivity index is 1.66. The summed E-state index contributed by atoms with van der Waals surface area (Å²) >= 11 is 1.50. The highest BCUT2D eigenvalue weighted by molar-refractivity contribution is 7.92. The number of nitrogens with two attached hydrogens (primary N) is 1. The first kappa shape index (κ1) is 24.7. The van der Waals surface area contributed by atoms with Gasteiger partial charge in [-0.3, -0.25) is 0 Å². The minimum absolute atomic E-state index is 0.167. The number of aromatic nitrogens is 4. The summed E-state index contributed by atoms with van der Waals surface area (Å²) in [6, 6.07) is 8.58. The third-order valence-corrected chi connectivity index (χ3v) is 9.08. The molecule has 180 valence electrons. The SMILES string of the molecule is C#Cc1ncc(-c2ccc(S(=O)(=O)C(CC)CCCN)cc2)nc1-c1nnc(-c2sccc2C)o1. The highest BCUT2D eigenvalue weighted by atomic mass is 32.2. The number of benzene rings is 1. The number of hydrogen-bond acceptors (Lipinski definition) is 9. The molecule has 4 aromatic rings. The van der Waals surface area contributed by atoms with Crippen molar-refractivity contribution in [1.29, 1.82) is 0 Å². The van der Waals surface area contributed by atoms with Gasteiger partial charge in [0.1, 0.15) is 5.69 Å². The number of terminal acetylenes is 1. The van der Waals surface area contributed by atoms with E-state index in [2.05, 4.69) is 26.1 Å². The van der Waals surface area contributed by atoms with Crippen LogP contribution in [0.1, 0.15) is 37.4 Å². The van der Waals surface area contributed by atoms with E-state index >= 15 is 0 Å². The fourth-order valence-corrected chi connectivity index (χ4v) is 6.38. The van der Waals surface area contributed by atoms with Crippen LogP contribution in [0.2, 0.25) is 0 Å². The Morgan fingerprint density at radius 3 is 2.54 bits per heavy atom. The van der Waals surface area contributed by atoms with Gasteiger partial charge in [0.05, 0.1) is 26.9 Å². The zero-order valence-corrected chi connectivity index (χ0v) is 21.1. The highest BCUT2D eigenvalue weighted by Gasteiger charge is 2.25. The first-order valence-corrected chi connectivity index (χ1v) is 13.6. The first-order valence-electron chi connectivity index (χ1n) is 11.2. The Hall–Kier alpha value is -3.39. The summed E-state index contributed by atoms with van der Waals surface area (Å²) in [7, 11) is -3.46. The molecule has 3 heterocycles. The Kier molecular flexibility index (Phi) is 7.40. The zero-order chi connectivity index (χ0) is 25.0. The van der Waals surface area contributed by atoms with Crippen molar-refractivity contribution in [3.8, 4) is 46.0 Å². The zero-order valence-electron chi connectivity index (χ0n) is 19.4. The standard InChI is InChI=1S/C25H25N5O3S2/c1-4-18(7-6-13-26)35(31,32)19-10-8-17(9-11-19)21-15-27-20(5-2)22(28-21)24-29-30-25(33-24)23-16(3)12-14-34-23/h2,8-12,14-15,18H,4,6-7,13,26H2,1,3H3. The molecule has 4 rings (SSSR count). The molecule has 0 saturated carbocycles. The lowest BCUT2D eigenvalue weighted by Gasteiger charge is -2.16. The van der Waals surface area contributed by atoms with Crippen LogP contribution < -0.4 is 5.73 Å². The van der Waals surface area contributed by atoms with E-state index in [0.717, 1.165) is 10.4 Å². The maximum absolute atomic E-state index is 13.0. The number of nitrogens with zero attached hydrogens (tertiary/aromatic N) is 4. The molecule has 0 aliphatic rings. The van der Waals surface area contributed by atoms with E-state index in [1.807, 2.05) is 25.3 Å². The van der Waals surface area contributed by atoms with Gasteiger partial charge in [0.2, 0.25) is 0 Å². The third-order valence-electron chi connectivity index (χ3n) is 5.70. The number of hydrogen-bond donors (Lipinski definition) is 1. The molecule has 3 aromatic heterocycles. The van der Waals surface area contributed by atoms with Crippen molar-refractivity contribution in [3.05, 3.63) is 53.2 Å². The average Bonchev–Trinajstić information content (AvgIpc) is 3.53. The Morgan fingerprint density at radius 1 is 1.17 bits per heavy atom. The fourth-order valence-electron chi connectivity index (χ4n) is 3.72. The van der Waals surface area contributed by atoms with Crippen molar-refractivity contribution in [2.45, 2.75) is 43.3 Å². The molecular formula is C25H25N5O3S2. The van der Waals surface area contributed by atoms with Gasteiger partial charge in [-0.1, -0.05) is 19.1 Å². The second-order valence-corrected chi connectivity index (χ2v) is 11.1. The molecule has 0 amide bonds. The molecule has 0 saturated heterocycles. The van der Waals surface area contributed by atoms with Gasteiger partial charge < -0.3 is 10.2 Å². The van der Waals surface area contributed by atoms with Crippen LogP contribution in [0.3, 0.4) is 0 Å². The Labute approximate surface area is 208 Å². The number of sulfone groups is 1. The smallest absolute Gasteiger partial charge is 0.269 e. The monoisotopic (exact) mass is 507 g/mol. The quantitative estimate of drug-likeness (QED) is 0.328. The number of aryl methyl sites for hydroxylation is 1. The summed E-state index contributed by atoms with van der Waals surface area (Å²) < 4.78 is 32.0. The van der Waals surface area contributed by atoms with E-state index in [4.69, 9.17) is 16.6 Å². The lowest BCUT2D eigenvalue weighted by atomic mass is 10.1. The molecule has 35 heavy (non-hydrogen) atoms. The van der Waals surface area contributed by atoms with Crippen molar-refractivity contribution in [1.82, 2.24) is 20.2 Å². The molecule has 10 heteroatoms. The maximum Gasteiger partial charge on any atom is 0.269 e. The average molecular weight is 508 g/mol. The van der Waals surface area contributed by atoms with Crippen molar-refractivity contribution < 1.29 is 12.8 Å². The van der Waals surface area contributed by atoms with E-state index in [1.54, 1.807) is 30.5 Å². The minimum atomic E-state index is -3.46. The predicted octanol–water partition coefficient (Wildman–Crippen LogP) is 4.50. The third kappa shape index (κ3) is 5.03. The molecule has 0 bridgehead atoms. The summed E-state index contributed by atoms with van der Waals surface area (Å²) in [6.45, 7) is 4.31. The van der Waals surface area contributed by atoms with Crippen molar-refractivity contribution in [2.24, 2.45) is 5.73 Å². The van der Waals surface area contributed by atoms with Gasteiger partial charge in [0.15, 0.2) is 15.5 Å². The number of thiophene rings is 1. The van der Waals surface area contributed by atoms with E-state index in [9.17, 15) is 8.42 Å².